The number of nitrogens with zero attached hydrogens (tertiary/aromatic N) is 2. The predicted octanol–water partition coefficient (Wildman–Crippen LogP) is 2.86. The Kier molecular flexibility index (Phi) is 2.36. The number of hydrogen-bond acceptors (Lipinski definition) is 4. The highest BCUT2D eigenvalue weighted by atomic mass is 35.5. The zero-order valence-corrected chi connectivity index (χ0v) is 8.94. The van der Waals surface area contributed by atoms with E-state index in [1.165, 1.54) is 0 Å². The Hall–Kier alpha value is -0.450. The molecule has 1 aromatic heterocycles. The van der Waals surface area contributed by atoms with Gasteiger partial charge in [0, 0.05) is 0 Å². The molecule has 0 saturated heterocycles. The van der Waals surface area contributed by atoms with Crippen molar-refractivity contribution in [3.63, 3.8) is 0 Å². The number of thiol groups is 2. The molecule has 1 heterocycles. The molecule has 0 radical (unpaired) electrons. The Morgan fingerprint density at radius 1 is 1.08 bits per heavy atom. The normalized spacial score (nSPS) is 10.7. The van der Waals surface area contributed by atoms with E-state index in [0.29, 0.717) is 20.6 Å². The van der Waals surface area contributed by atoms with Gasteiger partial charge in [-0.05, 0) is 12.1 Å². The van der Waals surface area contributed by atoms with Crippen LogP contribution in [0.15, 0.2) is 28.3 Å². The summed E-state index contributed by atoms with van der Waals surface area (Å²) in [6.07, 6.45) is 0. The quantitative estimate of drug-likeness (QED) is 0.679. The minimum absolute atomic E-state index is 0.490. The minimum Gasteiger partial charge on any atom is -0.237 e. The van der Waals surface area contributed by atoms with E-state index < -0.39 is 0 Å². The molecule has 0 N–H and O–H groups in total. The molecule has 0 fully saturated rings. The monoisotopic (exact) mass is 228 g/mol. The van der Waals surface area contributed by atoms with Crippen molar-refractivity contribution in [2.45, 2.75) is 10.1 Å². The van der Waals surface area contributed by atoms with E-state index in [4.69, 9.17) is 11.6 Å². The largest absolute Gasteiger partial charge is 0.237 e. The minimum atomic E-state index is 0.490. The second kappa shape index (κ2) is 3.36. The summed E-state index contributed by atoms with van der Waals surface area (Å²) >= 11 is 14.1. The summed E-state index contributed by atoms with van der Waals surface area (Å²) in [6, 6.07) is 5.43. The summed E-state index contributed by atoms with van der Waals surface area (Å²) in [5.41, 5.74) is 1.39. The number of para-hydroxylation sites is 1. The summed E-state index contributed by atoms with van der Waals surface area (Å²) < 4.78 is 0. The number of aromatic nitrogens is 2. The maximum atomic E-state index is 5.92. The Morgan fingerprint density at radius 2 is 1.77 bits per heavy atom. The summed E-state index contributed by atoms with van der Waals surface area (Å²) in [5.74, 6) is 0. The van der Waals surface area contributed by atoms with Crippen LogP contribution in [0.25, 0.3) is 11.0 Å². The first-order valence-corrected chi connectivity index (χ1v) is 4.80. The van der Waals surface area contributed by atoms with Crippen LogP contribution < -0.4 is 0 Å². The van der Waals surface area contributed by atoms with Gasteiger partial charge >= 0.3 is 0 Å². The van der Waals surface area contributed by atoms with Gasteiger partial charge in [-0.15, -0.1) is 25.3 Å². The van der Waals surface area contributed by atoms with E-state index in [-0.39, 0.29) is 0 Å². The number of halogens is 1. The van der Waals surface area contributed by atoms with Crippen molar-refractivity contribution in [2.75, 3.05) is 0 Å². The third kappa shape index (κ3) is 1.61. The average molecular weight is 229 g/mol. The molecule has 0 bridgehead atoms. The van der Waals surface area contributed by atoms with Crippen LogP contribution in [0.1, 0.15) is 0 Å². The first kappa shape index (κ1) is 9.12. The van der Waals surface area contributed by atoms with Gasteiger partial charge in [0.15, 0.2) is 0 Å². The highest BCUT2D eigenvalue weighted by Crippen LogP contribution is 2.23. The van der Waals surface area contributed by atoms with Crippen LogP contribution in [0, 0.1) is 0 Å². The van der Waals surface area contributed by atoms with Gasteiger partial charge in [0.2, 0.25) is 0 Å². The molecular formula is C8H5ClN2S2. The lowest BCUT2D eigenvalue weighted by molar-refractivity contribution is 0.981. The predicted molar refractivity (Wildman–Crippen MR) is 59.1 cm³/mol. The van der Waals surface area contributed by atoms with E-state index in [9.17, 15) is 0 Å². The van der Waals surface area contributed by atoms with Gasteiger partial charge < -0.3 is 0 Å². The molecule has 0 spiro atoms. The molecule has 0 amide bonds. The molecule has 13 heavy (non-hydrogen) atoms. The molecule has 0 aliphatic rings. The van der Waals surface area contributed by atoms with Crippen molar-refractivity contribution in [2.24, 2.45) is 0 Å². The van der Waals surface area contributed by atoms with Gasteiger partial charge in [0.05, 0.1) is 10.5 Å². The fraction of sp³-hybridized carbons (Fsp3) is 0. The highest BCUT2D eigenvalue weighted by Gasteiger charge is 2.04. The van der Waals surface area contributed by atoms with Gasteiger partial charge in [-0.25, -0.2) is 9.97 Å². The van der Waals surface area contributed by atoms with Gasteiger partial charge in [0.25, 0.3) is 0 Å². The van der Waals surface area contributed by atoms with Crippen molar-refractivity contribution in [1.82, 2.24) is 9.97 Å². The van der Waals surface area contributed by atoms with E-state index in [0.717, 1.165) is 5.52 Å². The standard InChI is InChI=1S/C8H5ClN2S2/c9-4-2-1-3-5-6(4)11-8(13)7(12)10-5/h1-3H,(H,10,12)(H,11,13). The molecule has 0 unspecified atom stereocenters. The number of rotatable bonds is 0. The first-order valence-electron chi connectivity index (χ1n) is 3.52. The SMILES string of the molecule is Sc1nc2cccc(Cl)c2nc1S. The number of hydrogen-bond donors (Lipinski definition) is 2. The Bertz CT molecular complexity index is 473. The topological polar surface area (TPSA) is 25.8 Å². The summed E-state index contributed by atoms with van der Waals surface area (Å²) in [6.45, 7) is 0. The van der Waals surface area contributed by atoms with Crippen LogP contribution in [0.2, 0.25) is 5.02 Å². The van der Waals surface area contributed by atoms with E-state index in [2.05, 4.69) is 35.2 Å². The van der Waals surface area contributed by atoms with Gasteiger partial charge in [0.1, 0.15) is 15.6 Å². The van der Waals surface area contributed by atoms with Crippen molar-refractivity contribution >= 4 is 47.9 Å². The second-order valence-electron chi connectivity index (χ2n) is 2.48. The molecule has 0 atom stereocenters. The fourth-order valence-electron chi connectivity index (χ4n) is 1.02. The van der Waals surface area contributed by atoms with Crippen molar-refractivity contribution in [3.05, 3.63) is 23.2 Å². The smallest absolute Gasteiger partial charge is 0.126 e. The molecule has 0 aliphatic carbocycles. The molecule has 5 heteroatoms. The van der Waals surface area contributed by atoms with Crippen molar-refractivity contribution < 1.29 is 0 Å². The summed E-state index contributed by atoms with van der Waals surface area (Å²) in [7, 11) is 0. The van der Waals surface area contributed by atoms with Crippen LogP contribution in [-0.2, 0) is 0 Å². The second-order valence-corrected chi connectivity index (χ2v) is 3.73. The number of fused-ring (bicyclic) bond motifs is 1. The lowest BCUT2D eigenvalue weighted by Crippen LogP contribution is -1.88. The third-order valence-electron chi connectivity index (χ3n) is 1.61. The van der Waals surface area contributed by atoms with Crippen LogP contribution in [0.5, 0.6) is 0 Å². The van der Waals surface area contributed by atoms with Crippen LogP contribution >= 0.6 is 36.9 Å². The molecule has 1 aromatic carbocycles. The van der Waals surface area contributed by atoms with E-state index in [1.807, 2.05) is 12.1 Å². The maximum absolute atomic E-state index is 5.92. The third-order valence-corrected chi connectivity index (χ3v) is 2.71. The first-order chi connectivity index (χ1) is 6.18. The van der Waals surface area contributed by atoms with Crippen molar-refractivity contribution in [3.8, 4) is 0 Å². The average Bonchev–Trinajstić information content (AvgIpc) is 2.09. The molecule has 2 nitrogen and oxygen atoms in total. The van der Waals surface area contributed by atoms with E-state index >= 15 is 0 Å². The Morgan fingerprint density at radius 3 is 2.54 bits per heavy atom. The molecular weight excluding hydrogens is 224 g/mol. The fourth-order valence-corrected chi connectivity index (χ4v) is 1.54. The zero-order chi connectivity index (χ0) is 9.42. The molecule has 66 valence electrons. The summed E-state index contributed by atoms with van der Waals surface area (Å²) in [5, 5.41) is 1.58. The van der Waals surface area contributed by atoms with Crippen molar-refractivity contribution in [1.29, 1.82) is 0 Å². The zero-order valence-electron chi connectivity index (χ0n) is 6.40. The molecule has 0 aliphatic heterocycles. The summed E-state index contributed by atoms with van der Waals surface area (Å²) in [4.78, 5) is 8.34. The van der Waals surface area contributed by atoms with Gasteiger partial charge in [-0.1, -0.05) is 17.7 Å². The highest BCUT2D eigenvalue weighted by molar-refractivity contribution is 7.83. The lowest BCUT2D eigenvalue weighted by atomic mass is 10.3. The Labute approximate surface area is 91.2 Å². The number of benzene rings is 1. The molecule has 2 aromatic rings. The molecule has 2 rings (SSSR count). The van der Waals surface area contributed by atoms with Gasteiger partial charge in [-0.2, -0.15) is 0 Å². The maximum Gasteiger partial charge on any atom is 0.126 e. The van der Waals surface area contributed by atoms with E-state index in [1.54, 1.807) is 6.07 Å². The van der Waals surface area contributed by atoms with Crippen LogP contribution in [0.4, 0.5) is 0 Å². The Balaban J connectivity index is 2.89. The van der Waals surface area contributed by atoms with Crippen LogP contribution in [-0.4, -0.2) is 9.97 Å². The van der Waals surface area contributed by atoms with Gasteiger partial charge in [-0.3, -0.25) is 0 Å². The lowest BCUT2D eigenvalue weighted by Gasteiger charge is -2.01. The van der Waals surface area contributed by atoms with Crippen LogP contribution in [0.3, 0.4) is 0 Å². The molecule has 0 saturated carbocycles.